The van der Waals surface area contributed by atoms with Gasteiger partial charge in [0.1, 0.15) is 11.9 Å². The number of sulfonamides is 1. The zero-order valence-electron chi connectivity index (χ0n) is 16.2. The van der Waals surface area contributed by atoms with Crippen molar-refractivity contribution in [1.29, 1.82) is 0 Å². The van der Waals surface area contributed by atoms with E-state index in [1.54, 1.807) is 35.4 Å². The second-order valence-electron chi connectivity index (χ2n) is 6.90. The number of benzene rings is 1. The molecule has 8 heteroatoms. The molecule has 1 aromatic carbocycles. The summed E-state index contributed by atoms with van der Waals surface area (Å²) in [4.78, 5) is 21.3. The normalized spacial score (nSPS) is 16.1. The molecule has 2 aromatic rings. The zero-order valence-corrected chi connectivity index (χ0v) is 17.0. The summed E-state index contributed by atoms with van der Waals surface area (Å²) in [6, 6.07) is 11.6. The number of carbonyl (C=O) groups excluding carboxylic acids is 1. The molecule has 0 unspecified atom stereocenters. The van der Waals surface area contributed by atoms with Gasteiger partial charge >= 0.3 is 0 Å². The van der Waals surface area contributed by atoms with E-state index in [0.29, 0.717) is 32.6 Å². The second-order valence-corrected chi connectivity index (χ2v) is 8.61. The maximum atomic E-state index is 12.9. The number of hydrogen-bond acceptors (Lipinski definition) is 5. The fraction of sp³-hybridized carbons (Fsp3) is 0.400. The van der Waals surface area contributed by atoms with Crippen LogP contribution in [0.1, 0.15) is 18.9 Å². The summed E-state index contributed by atoms with van der Waals surface area (Å²) in [6.07, 6.45) is 2.14. The van der Waals surface area contributed by atoms with E-state index in [2.05, 4.69) is 14.6 Å². The van der Waals surface area contributed by atoms with Crippen LogP contribution in [-0.2, 0) is 14.8 Å². The lowest BCUT2D eigenvalue weighted by atomic mass is 10.2. The van der Waals surface area contributed by atoms with E-state index in [9.17, 15) is 13.2 Å². The predicted molar refractivity (Wildman–Crippen MR) is 109 cm³/mol. The van der Waals surface area contributed by atoms with Crippen molar-refractivity contribution in [3.8, 4) is 0 Å². The van der Waals surface area contributed by atoms with Gasteiger partial charge in [0.15, 0.2) is 0 Å². The van der Waals surface area contributed by atoms with Crippen molar-refractivity contribution in [3.05, 3.63) is 54.2 Å². The number of hydrogen-bond donors (Lipinski definition) is 1. The van der Waals surface area contributed by atoms with Crippen molar-refractivity contribution in [2.24, 2.45) is 0 Å². The molecule has 2 heterocycles. The van der Waals surface area contributed by atoms with Crippen LogP contribution in [0.15, 0.2) is 53.6 Å². The molecule has 0 aliphatic carbocycles. The topological polar surface area (TPSA) is 82.6 Å². The lowest BCUT2D eigenvalue weighted by molar-refractivity contribution is -0.133. The summed E-state index contributed by atoms with van der Waals surface area (Å²) >= 11 is 0. The summed E-state index contributed by atoms with van der Waals surface area (Å²) in [6.45, 7) is 6.13. The number of carbonyl (C=O) groups is 1. The Morgan fingerprint density at radius 3 is 2.36 bits per heavy atom. The average Bonchev–Trinajstić information content (AvgIpc) is 2.72. The van der Waals surface area contributed by atoms with E-state index in [1.807, 2.05) is 32.0 Å². The van der Waals surface area contributed by atoms with Crippen LogP contribution < -0.4 is 9.62 Å². The van der Waals surface area contributed by atoms with Gasteiger partial charge in [-0.1, -0.05) is 30.7 Å². The summed E-state index contributed by atoms with van der Waals surface area (Å²) in [5, 5.41) is 0. The van der Waals surface area contributed by atoms with Gasteiger partial charge < -0.3 is 9.80 Å². The SMILES string of the molecule is CC[C@@H](NS(=O)(=O)c1ccc(C)cc1)C(=O)N1CCN(c2ccccn2)CC1. The van der Waals surface area contributed by atoms with Gasteiger partial charge in [0.05, 0.1) is 4.90 Å². The minimum absolute atomic E-state index is 0.171. The molecule has 0 radical (unpaired) electrons. The largest absolute Gasteiger partial charge is 0.353 e. The fourth-order valence-corrected chi connectivity index (χ4v) is 4.47. The third-order valence-electron chi connectivity index (χ3n) is 4.90. The van der Waals surface area contributed by atoms with E-state index in [1.165, 1.54) is 0 Å². The Morgan fingerprint density at radius 1 is 1.11 bits per heavy atom. The molecule has 3 rings (SSSR count). The lowest BCUT2D eigenvalue weighted by Gasteiger charge is -2.37. The Balaban J connectivity index is 1.63. The molecule has 0 saturated carbocycles. The van der Waals surface area contributed by atoms with Gasteiger partial charge in [0.2, 0.25) is 15.9 Å². The Morgan fingerprint density at radius 2 is 1.79 bits per heavy atom. The molecular formula is C20H26N4O3S. The van der Waals surface area contributed by atoms with Crippen molar-refractivity contribution < 1.29 is 13.2 Å². The third-order valence-corrected chi connectivity index (χ3v) is 6.39. The van der Waals surface area contributed by atoms with Crippen LogP contribution in [0, 0.1) is 6.92 Å². The zero-order chi connectivity index (χ0) is 20.1. The molecule has 0 bridgehead atoms. The molecule has 1 atom stereocenters. The van der Waals surface area contributed by atoms with Crippen LogP contribution >= 0.6 is 0 Å². The molecule has 1 fully saturated rings. The number of nitrogens with one attached hydrogen (secondary N) is 1. The number of nitrogens with zero attached hydrogens (tertiary/aromatic N) is 3. The van der Waals surface area contributed by atoms with Crippen LogP contribution in [0.25, 0.3) is 0 Å². The van der Waals surface area contributed by atoms with E-state index < -0.39 is 16.1 Å². The number of amides is 1. The first-order valence-corrected chi connectivity index (χ1v) is 10.9. The monoisotopic (exact) mass is 402 g/mol. The van der Waals surface area contributed by atoms with E-state index >= 15 is 0 Å². The lowest BCUT2D eigenvalue weighted by Crippen LogP contribution is -2.55. The first kappa shape index (κ1) is 20.3. The molecule has 1 N–H and O–H groups in total. The van der Waals surface area contributed by atoms with Crippen molar-refractivity contribution in [2.45, 2.75) is 31.2 Å². The van der Waals surface area contributed by atoms with Gasteiger partial charge in [-0.2, -0.15) is 4.72 Å². The summed E-state index contributed by atoms with van der Waals surface area (Å²) in [5.41, 5.74) is 0.979. The Bertz CT molecular complexity index is 893. The number of anilines is 1. The molecule has 7 nitrogen and oxygen atoms in total. The number of piperazine rings is 1. The van der Waals surface area contributed by atoms with Crippen LogP contribution in [0.2, 0.25) is 0 Å². The van der Waals surface area contributed by atoms with Crippen LogP contribution in [0.3, 0.4) is 0 Å². The highest BCUT2D eigenvalue weighted by Gasteiger charge is 2.30. The van der Waals surface area contributed by atoms with Crippen molar-refractivity contribution in [3.63, 3.8) is 0 Å². The summed E-state index contributed by atoms with van der Waals surface area (Å²) < 4.78 is 27.9. The second kappa shape index (κ2) is 8.70. The molecular weight excluding hydrogens is 376 g/mol. The van der Waals surface area contributed by atoms with Crippen molar-refractivity contribution >= 4 is 21.7 Å². The molecule has 1 aliphatic heterocycles. The van der Waals surface area contributed by atoms with Gasteiger partial charge in [-0.05, 0) is 37.6 Å². The highest BCUT2D eigenvalue weighted by Crippen LogP contribution is 2.15. The van der Waals surface area contributed by atoms with Gasteiger partial charge in [0, 0.05) is 32.4 Å². The maximum Gasteiger partial charge on any atom is 0.241 e. The Hall–Kier alpha value is -2.45. The predicted octanol–water partition coefficient (Wildman–Crippen LogP) is 1.80. The molecule has 28 heavy (non-hydrogen) atoms. The van der Waals surface area contributed by atoms with Crippen molar-refractivity contribution in [1.82, 2.24) is 14.6 Å². The van der Waals surface area contributed by atoms with Crippen LogP contribution in [-0.4, -0.2) is 56.4 Å². The smallest absolute Gasteiger partial charge is 0.241 e. The van der Waals surface area contributed by atoms with Gasteiger partial charge in [-0.25, -0.2) is 13.4 Å². The first-order chi connectivity index (χ1) is 13.4. The van der Waals surface area contributed by atoms with E-state index in [-0.39, 0.29) is 10.8 Å². The molecule has 150 valence electrons. The summed E-state index contributed by atoms with van der Waals surface area (Å²) in [5.74, 6) is 0.709. The molecule has 1 saturated heterocycles. The number of aryl methyl sites for hydroxylation is 1. The number of aromatic nitrogens is 1. The van der Waals surface area contributed by atoms with Crippen LogP contribution in [0.5, 0.6) is 0 Å². The summed E-state index contributed by atoms with van der Waals surface area (Å²) in [7, 11) is -3.74. The molecule has 1 amide bonds. The van der Waals surface area contributed by atoms with E-state index in [4.69, 9.17) is 0 Å². The first-order valence-electron chi connectivity index (χ1n) is 9.44. The third kappa shape index (κ3) is 4.69. The minimum Gasteiger partial charge on any atom is -0.353 e. The highest BCUT2D eigenvalue weighted by atomic mass is 32.2. The van der Waals surface area contributed by atoms with Gasteiger partial charge in [0.25, 0.3) is 0 Å². The maximum absolute atomic E-state index is 12.9. The number of pyridine rings is 1. The Labute approximate surface area is 166 Å². The van der Waals surface area contributed by atoms with Crippen LogP contribution in [0.4, 0.5) is 5.82 Å². The van der Waals surface area contributed by atoms with Gasteiger partial charge in [-0.15, -0.1) is 0 Å². The minimum atomic E-state index is -3.74. The average molecular weight is 403 g/mol. The molecule has 1 aliphatic rings. The molecule has 1 aromatic heterocycles. The standard InChI is InChI=1S/C20H26N4O3S/c1-3-18(22-28(26,27)17-9-7-16(2)8-10-17)20(25)24-14-12-23(13-15-24)19-6-4-5-11-21-19/h4-11,18,22H,3,12-15H2,1-2H3/t18-/m1/s1. The van der Waals surface area contributed by atoms with Crippen molar-refractivity contribution in [2.75, 3.05) is 31.1 Å². The molecule has 0 spiro atoms. The Kier molecular flexibility index (Phi) is 6.31. The van der Waals surface area contributed by atoms with Gasteiger partial charge in [-0.3, -0.25) is 4.79 Å². The quantitative estimate of drug-likeness (QED) is 0.797. The fourth-order valence-electron chi connectivity index (χ4n) is 3.20. The number of rotatable bonds is 6. The highest BCUT2D eigenvalue weighted by molar-refractivity contribution is 7.89. The van der Waals surface area contributed by atoms with E-state index in [0.717, 1.165) is 11.4 Å².